The fraction of sp³-hybridized carbons (Fsp3) is 0.0556. The van der Waals surface area contributed by atoms with E-state index in [2.05, 4.69) is 16.8 Å². The molecule has 0 saturated carbocycles. The second kappa shape index (κ2) is 5.46. The van der Waals surface area contributed by atoms with Crippen LogP contribution in [0.25, 0.3) is 10.9 Å². The summed E-state index contributed by atoms with van der Waals surface area (Å²) in [5.41, 5.74) is 2.81. The van der Waals surface area contributed by atoms with Crippen molar-refractivity contribution in [3.8, 4) is 17.7 Å². The summed E-state index contributed by atoms with van der Waals surface area (Å²) in [6, 6.07) is 19.7. The lowest BCUT2D eigenvalue weighted by atomic mass is 10.1. The molecular formula is C18H13NO. The van der Waals surface area contributed by atoms with Gasteiger partial charge in [-0.1, -0.05) is 48.2 Å². The van der Waals surface area contributed by atoms with E-state index in [9.17, 15) is 0 Å². The first-order chi connectivity index (χ1) is 9.86. The van der Waals surface area contributed by atoms with Gasteiger partial charge >= 0.3 is 0 Å². The molecule has 96 valence electrons. The number of ether oxygens (including phenoxy) is 1. The summed E-state index contributed by atoms with van der Waals surface area (Å²) >= 11 is 0. The molecule has 0 bridgehead atoms. The molecule has 0 atom stereocenters. The van der Waals surface area contributed by atoms with Crippen LogP contribution < -0.4 is 4.74 Å². The minimum Gasteiger partial charge on any atom is -0.481 e. The van der Waals surface area contributed by atoms with Gasteiger partial charge in [-0.3, -0.25) is 0 Å². The standard InChI is InChI=1S/C18H13NO/c1-20-18-13-15(12-11-14-7-3-2-4-8-14)16-9-5-6-10-17(16)19-18/h2-10,13H,1H3. The lowest BCUT2D eigenvalue weighted by Crippen LogP contribution is -1.91. The van der Waals surface area contributed by atoms with E-state index >= 15 is 0 Å². The van der Waals surface area contributed by atoms with Crippen LogP contribution in [0.1, 0.15) is 11.1 Å². The van der Waals surface area contributed by atoms with Gasteiger partial charge in [-0.25, -0.2) is 4.98 Å². The molecule has 2 nitrogen and oxygen atoms in total. The third-order valence-corrected chi connectivity index (χ3v) is 3.02. The molecule has 0 unspecified atom stereocenters. The largest absolute Gasteiger partial charge is 0.481 e. The summed E-state index contributed by atoms with van der Waals surface area (Å²) in [5.74, 6) is 6.96. The molecular weight excluding hydrogens is 246 g/mol. The van der Waals surface area contributed by atoms with Crippen molar-refractivity contribution in [2.75, 3.05) is 7.11 Å². The first-order valence-electron chi connectivity index (χ1n) is 6.37. The first kappa shape index (κ1) is 12.3. The van der Waals surface area contributed by atoms with Crippen molar-refractivity contribution >= 4 is 10.9 Å². The first-order valence-corrected chi connectivity index (χ1v) is 6.37. The molecule has 0 aliphatic heterocycles. The number of hydrogen-bond acceptors (Lipinski definition) is 2. The Labute approximate surface area is 118 Å². The molecule has 0 aliphatic carbocycles. The molecule has 0 aliphatic rings. The topological polar surface area (TPSA) is 22.1 Å². The number of benzene rings is 2. The van der Waals surface area contributed by atoms with E-state index in [1.807, 2.05) is 60.7 Å². The fourth-order valence-electron chi connectivity index (χ4n) is 2.02. The van der Waals surface area contributed by atoms with Crippen molar-refractivity contribution in [2.24, 2.45) is 0 Å². The maximum atomic E-state index is 5.24. The molecule has 1 aromatic heterocycles. The summed E-state index contributed by atoms with van der Waals surface area (Å²) in [6.07, 6.45) is 0. The Balaban J connectivity index is 2.13. The highest BCUT2D eigenvalue weighted by Crippen LogP contribution is 2.21. The molecule has 2 heteroatoms. The average molecular weight is 259 g/mol. The molecule has 3 rings (SSSR count). The Kier molecular flexibility index (Phi) is 3.34. The zero-order valence-electron chi connectivity index (χ0n) is 11.1. The van der Waals surface area contributed by atoms with E-state index in [1.165, 1.54) is 0 Å². The van der Waals surface area contributed by atoms with Crippen LogP contribution in [0.15, 0.2) is 60.7 Å². The highest BCUT2D eigenvalue weighted by molar-refractivity contribution is 5.85. The summed E-state index contributed by atoms with van der Waals surface area (Å²) < 4.78 is 5.24. The zero-order valence-corrected chi connectivity index (χ0v) is 11.1. The highest BCUT2D eigenvalue weighted by Gasteiger charge is 2.03. The molecule has 0 fully saturated rings. The van der Waals surface area contributed by atoms with Crippen molar-refractivity contribution in [2.45, 2.75) is 0 Å². The number of aromatic nitrogens is 1. The van der Waals surface area contributed by atoms with E-state index in [4.69, 9.17) is 4.74 Å². The number of hydrogen-bond donors (Lipinski definition) is 0. The number of rotatable bonds is 1. The predicted octanol–water partition coefficient (Wildman–Crippen LogP) is 3.64. The van der Waals surface area contributed by atoms with E-state index in [0.29, 0.717) is 5.88 Å². The van der Waals surface area contributed by atoms with Gasteiger partial charge in [0.05, 0.1) is 12.6 Å². The lowest BCUT2D eigenvalue weighted by Gasteiger charge is -2.04. The monoisotopic (exact) mass is 259 g/mol. The quantitative estimate of drug-likeness (QED) is 0.622. The number of pyridine rings is 1. The van der Waals surface area contributed by atoms with Crippen LogP contribution in [0.5, 0.6) is 5.88 Å². The second-order valence-corrected chi connectivity index (χ2v) is 4.35. The molecule has 0 radical (unpaired) electrons. The van der Waals surface area contributed by atoms with Crippen LogP contribution >= 0.6 is 0 Å². The van der Waals surface area contributed by atoms with Crippen LogP contribution in [-0.2, 0) is 0 Å². The van der Waals surface area contributed by atoms with Crippen molar-refractivity contribution in [1.82, 2.24) is 4.98 Å². The van der Waals surface area contributed by atoms with Gasteiger partial charge in [0.2, 0.25) is 5.88 Å². The number of fused-ring (bicyclic) bond motifs is 1. The molecule has 3 aromatic rings. The normalized spacial score (nSPS) is 9.85. The van der Waals surface area contributed by atoms with Gasteiger partial charge in [0.25, 0.3) is 0 Å². The summed E-state index contributed by atoms with van der Waals surface area (Å²) in [4.78, 5) is 4.42. The summed E-state index contributed by atoms with van der Waals surface area (Å²) in [6.45, 7) is 0. The van der Waals surface area contributed by atoms with Gasteiger partial charge in [0.1, 0.15) is 0 Å². The van der Waals surface area contributed by atoms with Gasteiger partial charge in [0.15, 0.2) is 0 Å². The van der Waals surface area contributed by atoms with Crippen LogP contribution in [0, 0.1) is 11.8 Å². The van der Waals surface area contributed by atoms with E-state index in [1.54, 1.807) is 7.11 Å². The predicted molar refractivity (Wildman–Crippen MR) is 80.7 cm³/mol. The van der Waals surface area contributed by atoms with Crippen molar-refractivity contribution < 1.29 is 4.74 Å². The lowest BCUT2D eigenvalue weighted by molar-refractivity contribution is 0.399. The number of nitrogens with zero attached hydrogens (tertiary/aromatic N) is 1. The van der Waals surface area contributed by atoms with Gasteiger partial charge in [-0.05, 0) is 18.2 Å². The van der Waals surface area contributed by atoms with Gasteiger partial charge in [-0.2, -0.15) is 0 Å². The Morgan fingerprint density at radius 2 is 1.65 bits per heavy atom. The van der Waals surface area contributed by atoms with Crippen molar-refractivity contribution in [3.63, 3.8) is 0 Å². The second-order valence-electron chi connectivity index (χ2n) is 4.35. The third kappa shape index (κ3) is 2.48. The highest BCUT2D eigenvalue weighted by atomic mass is 16.5. The van der Waals surface area contributed by atoms with Crippen LogP contribution in [0.4, 0.5) is 0 Å². The Bertz CT molecular complexity index is 798. The minimum atomic E-state index is 0.584. The minimum absolute atomic E-state index is 0.584. The molecule has 0 N–H and O–H groups in total. The van der Waals surface area contributed by atoms with Crippen LogP contribution in [0.2, 0.25) is 0 Å². The summed E-state index contributed by atoms with van der Waals surface area (Å²) in [7, 11) is 1.62. The molecule has 20 heavy (non-hydrogen) atoms. The van der Waals surface area contributed by atoms with Crippen molar-refractivity contribution in [1.29, 1.82) is 0 Å². The molecule has 2 aromatic carbocycles. The molecule has 0 spiro atoms. The third-order valence-electron chi connectivity index (χ3n) is 3.02. The van der Waals surface area contributed by atoms with Crippen LogP contribution in [0.3, 0.4) is 0 Å². The van der Waals surface area contributed by atoms with E-state index < -0.39 is 0 Å². The fourth-order valence-corrected chi connectivity index (χ4v) is 2.02. The Hall–Kier alpha value is -2.79. The average Bonchev–Trinajstić information content (AvgIpc) is 2.53. The Morgan fingerprint density at radius 1 is 0.900 bits per heavy atom. The van der Waals surface area contributed by atoms with E-state index in [0.717, 1.165) is 22.0 Å². The summed E-state index contributed by atoms with van der Waals surface area (Å²) in [5, 5.41) is 1.04. The molecule has 0 saturated heterocycles. The van der Waals surface area contributed by atoms with Crippen molar-refractivity contribution in [3.05, 3.63) is 71.8 Å². The van der Waals surface area contributed by atoms with Gasteiger partial charge in [0, 0.05) is 22.6 Å². The van der Waals surface area contributed by atoms with Gasteiger partial charge in [-0.15, -0.1) is 0 Å². The van der Waals surface area contributed by atoms with E-state index in [-0.39, 0.29) is 0 Å². The SMILES string of the molecule is COc1cc(C#Cc2ccccc2)c2ccccc2n1. The maximum absolute atomic E-state index is 5.24. The van der Waals surface area contributed by atoms with Crippen LogP contribution in [-0.4, -0.2) is 12.1 Å². The number of para-hydroxylation sites is 1. The Morgan fingerprint density at radius 3 is 2.45 bits per heavy atom. The maximum Gasteiger partial charge on any atom is 0.214 e. The molecule has 0 amide bonds. The number of methoxy groups -OCH3 is 1. The van der Waals surface area contributed by atoms with Gasteiger partial charge < -0.3 is 4.74 Å². The molecule has 1 heterocycles. The zero-order chi connectivity index (χ0) is 13.8. The smallest absolute Gasteiger partial charge is 0.214 e.